The molecule has 2 rings (SSSR count). The van der Waals surface area contributed by atoms with Gasteiger partial charge in [-0.1, -0.05) is 18.5 Å². The SMILES string of the molecule is CC1CCN(c2cc(CN)c(Cl)cn2)C1. The number of nitrogens with two attached hydrogens (primary N) is 1. The third kappa shape index (κ3) is 2.24. The number of nitrogens with zero attached hydrogens (tertiary/aromatic N) is 2. The maximum Gasteiger partial charge on any atom is 0.128 e. The number of rotatable bonds is 2. The van der Waals surface area contributed by atoms with Crippen LogP contribution in [0.3, 0.4) is 0 Å². The van der Waals surface area contributed by atoms with Gasteiger partial charge in [-0.25, -0.2) is 4.98 Å². The molecule has 0 spiro atoms. The largest absolute Gasteiger partial charge is 0.356 e. The topological polar surface area (TPSA) is 42.1 Å². The van der Waals surface area contributed by atoms with Gasteiger partial charge in [-0.05, 0) is 24.0 Å². The van der Waals surface area contributed by atoms with Crippen LogP contribution in [-0.4, -0.2) is 18.1 Å². The van der Waals surface area contributed by atoms with E-state index in [1.165, 1.54) is 6.42 Å². The molecule has 1 unspecified atom stereocenters. The summed E-state index contributed by atoms with van der Waals surface area (Å²) in [7, 11) is 0. The van der Waals surface area contributed by atoms with Gasteiger partial charge in [-0.2, -0.15) is 0 Å². The van der Waals surface area contributed by atoms with Crippen molar-refractivity contribution in [3.05, 3.63) is 22.8 Å². The second kappa shape index (κ2) is 4.37. The maximum atomic E-state index is 5.97. The van der Waals surface area contributed by atoms with Gasteiger partial charge in [0, 0.05) is 25.8 Å². The minimum atomic E-state index is 0.470. The highest BCUT2D eigenvalue weighted by molar-refractivity contribution is 6.31. The van der Waals surface area contributed by atoms with Crippen molar-refractivity contribution in [1.82, 2.24) is 4.98 Å². The van der Waals surface area contributed by atoms with Gasteiger partial charge in [0.05, 0.1) is 5.02 Å². The van der Waals surface area contributed by atoms with Crippen molar-refractivity contribution in [3.63, 3.8) is 0 Å². The molecule has 0 amide bonds. The standard InChI is InChI=1S/C11H16ClN3/c1-8-2-3-15(7-8)11-4-9(5-13)10(12)6-14-11/h4,6,8H,2-3,5,7,13H2,1H3. The fourth-order valence-corrected chi connectivity index (χ4v) is 2.12. The molecule has 3 nitrogen and oxygen atoms in total. The predicted octanol–water partition coefficient (Wildman–Crippen LogP) is 2.04. The van der Waals surface area contributed by atoms with Gasteiger partial charge >= 0.3 is 0 Å². The first-order valence-electron chi connectivity index (χ1n) is 5.30. The van der Waals surface area contributed by atoms with Crippen molar-refractivity contribution in [2.24, 2.45) is 11.7 Å². The van der Waals surface area contributed by atoms with Gasteiger partial charge < -0.3 is 10.6 Å². The lowest BCUT2D eigenvalue weighted by molar-refractivity contribution is 0.659. The fraction of sp³-hybridized carbons (Fsp3) is 0.545. The molecule has 82 valence electrons. The van der Waals surface area contributed by atoms with Gasteiger partial charge in [0.15, 0.2) is 0 Å². The number of anilines is 1. The fourth-order valence-electron chi connectivity index (χ4n) is 1.94. The lowest BCUT2D eigenvalue weighted by Gasteiger charge is -2.17. The van der Waals surface area contributed by atoms with Crippen LogP contribution in [0.5, 0.6) is 0 Å². The molecule has 1 saturated heterocycles. The highest BCUT2D eigenvalue weighted by atomic mass is 35.5. The zero-order valence-corrected chi connectivity index (χ0v) is 9.67. The summed E-state index contributed by atoms with van der Waals surface area (Å²) in [5.74, 6) is 1.76. The Balaban J connectivity index is 2.21. The monoisotopic (exact) mass is 225 g/mol. The van der Waals surface area contributed by atoms with Gasteiger partial charge in [0.25, 0.3) is 0 Å². The van der Waals surface area contributed by atoms with Gasteiger partial charge in [0.1, 0.15) is 5.82 Å². The molecule has 0 radical (unpaired) electrons. The third-order valence-corrected chi connectivity index (χ3v) is 3.23. The van der Waals surface area contributed by atoms with Crippen molar-refractivity contribution in [2.45, 2.75) is 19.9 Å². The summed E-state index contributed by atoms with van der Waals surface area (Å²) in [6.45, 7) is 4.90. The summed E-state index contributed by atoms with van der Waals surface area (Å²) in [5.41, 5.74) is 6.59. The third-order valence-electron chi connectivity index (χ3n) is 2.89. The molecule has 0 aromatic carbocycles. The summed E-state index contributed by atoms with van der Waals surface area (Å²) < 4.78 is 0. The normalized spacial score (nSPS) is 21.0. The maximum absolute atomic E-state index is 5.97. The first kappa shape index (κ1) is 10.7. The Kier molecular flexibility index (Phi) is 3.12. The van der Waals surface area contributed by atoms with Crippen LogP contribution in [0.25, 0.3) is 0 Å². The van der Waals surface area contributed by atoms with Crippen molar-refractivity contribution in [3.8, 4) is 0 Å². The molecule has 0 saturated carbocycles. The smallest absolute Gasteiger partial charge is 0.128 e. The quantitative estimate of drug-likeness (QED) is 0.838. The second-order valence-corrected chi connectivity index (χ2v) is 4.59. The number of aromatic nitrogens is 1. The summed E-state index contributed by atoms with van der Waals surface area (Å²) in [6, 6.07) is 2.00. The van der Waals surface area contributed by atoms with E-state index < -0.39 is 0 Å². The van der Waals surface area contributed by atoms with E-state index >= 15 is 0 Å². The molecular formula is C11H16ClN3. The molecule has 0 bridgehead atoms. The molecule has 2 N–H and O–H groups in total. The van der Waals surface area contributed by atoms with Crippen molar-refractivity contribution < 1.29 is 0 Å². The first-order valence-corrected chi connectivity index (χ1v) is 5.68. The van der Waals surface area contributed by atoms with E-state index in [0.29, 0.717) is 11.6 Å². The first-order chi connectivity index (χ1) is 7.20. The summed E-state index contributed by atoms with van der Waals surface area (Å²) >= 11 is 5.97. The molecule has 1 aliphatic rings. The Hall–Kier alpha value is -0.800. The molecule has 4 heteroatoms. The van der Waals surface area contributed by atoms with Gasteiger partial charge in [-0.3, -0.25) is 0 Å². The molecule has 1 atom stereocenters. The molecule has 1 aromatic rings. The van der Waals surface area contributed by atoms with E-state index in [1.54, 1.807) is 6.20 Å². The molecule has 15 heavy (non-hydrogen) atoms. The summed E-state index contributed by atoms with van der Waals surface area (Å²) in [5, 5.41) is 0.661. The van der Waals surface area contributed by atoms with Crippen LogP contribution in [0.2, 0.25) is 5.02 Å². The Morgan fingerprint density at radius 3 is 3.07 bits per heavy atom. The molecule has 1 aliphatic heterocycles. The molecule has 0 aliphatic carbocycles. The molecule has 2 heterocycles. The highest BCUT2D eigenvalue weighted by Crippen LogP contribution is 2.24. The van der Waals surface area contributed by atoms with E-state index in [4.69, 9.17) is 17.3 Å². The average molecular weight is 226 g/mol. The van der Waals surface area contributed by atoms with E-state index in [0.717, 1.165) is 30.4 Å². The lowest BCUT2D eigenvalue weighted by Crippen LogP contribution is -2.20. The van der Waals surface area contributed by atoms with Crippen LogP contribution in [0.4, 0.5) is 5.82 Å². The van der Waals surface area contributed by atoms with E-state index in [2.05, 4.69) is 16.8 Å². The number of hydrogen-bond donors (Lipinski definition) is 1. The Morgan fingerprint density at radius 2 is 2.47 bits per heavy atom. The zero-order chi connectivity index (χ0) is 10.8. The lowest BCUT2D eigenvalue weighted by atomic mass is 10.2. The minimum absolute atomic E-state index is 0.470. The Bertz CT molecular complexity index is 354. The predicted molar refractivity (Wildman–Crippen MR) is 63.1 cm³/mol. The molecular weight excluding hydrogens is 210 g/mol. The van der Waals surface area contributed by atoms with Crippen LogP contribution in [0.15, 0.2) is 12.3 Å². The number of halogens is 1. The van der Waals surface area contributed by atoms with E-state index in [9.17, 15) is 0 Å². The number of hydrogen-bond acceptors (Lipinski definition) is 3. The van der Waals surface area contributed by atoms with Gasteiger partial charge in [-0.15, -0.1) is 0 Å². The highest BCUT2D eigenvalue weighted by Gasteiger charge is 2.20. The van der Waals surface area contributed by atoms with E-state index in [1.807, 2.05) is 6.07 Å². The molecule has 1 aromatic heterocycles. The van der Waals surface area contributed by atoms with Crippen LogP contribution in [0, 0.1) is 5.92 Å². The molecule has 1 fully saturated rings. The Labute approximate surface area is 95.2 Å². The minimum Gasteiger partial charge on any atom is -0.356 e. The second-order valence-electron chi connectivity index (χ2n) is 4.18. The van der Waals surface area contributed by atoms with Crippen LogP contribution >= 0.6 is 11.6 Å². The summed E-state index contributed by atoms with van der Waals surface area (Å²) in [6.07, 6.45) is 2.93. The van der Waals surface area contributed by atoms with Crippen LogP contribution in [0.1, 0.15) is 18.9 Å². The average Bonchev–Trinajstić information content (AvgIpc) is 2.66. The van der Waals surface area contributed by atoms with Crippen LogP contribution < -0.4 is 10.6 Å². The summed E-state index contributed by atoms with van der Waals surface area (Å²) in [4.78, 5) is 6.63. The zero-order valence-electron chi connectivity index (χ0n) is 8.91. The Morgan fingerprint density at radius 1 is 1.67 bits per heavy atom. The van der Waals surface area contributed by atoms with Crippen molar-refractivity contribution in [1.29, 1.82) is 0 Å². The number of pyridine rings is 1. The van der Waals surface area contributed by atoms with E-state index in [-0.39, 0.29) is 0 Å². The van der Waals surface area contributed by atoms with Crippen molar-refractivity contribution in [2.75, 3.05) is 18.0 Å². The van der Waals surface area contributed by atoms with Crippen molar-refractivity contribution >= 4 is 17.4 Å². The van der Waals surface area contributed by atoms with Crippen LogP contribution in [-0.2, 0) is 6.54 Å². The van der Waals surface area contributed by atoms with Gasteiger partial charge in [0.2, 0.25) is 0 Å².